The number of hydrogen-bond acceptors (Lipinski definition) is 6. The van der Waals surface area contributed by atoms with Crippen molar-refractivity contribution in [1.82, 2.24) is 19.3 Å². The molecule has 2 heterocycles. The molecule has 3 rings (SSSR count). The summed E-state index contributed by atoms with van der Waals surface area (Å²) in [6.07, 6.45) is 3.27. The zero-order valence-corrected chi connectivity index (χ0v) is 13.8. The molecule has 1 amide bonds. The molecule has 25 heavy (non-hydrogen) atoms. The van der Waals surface area contributed by atoms with Gasteiger partial charge in [-0.3, -0.25) is 9.20 Å². The van der Waals surface area contributed by atoms with E-state index in [1.165, 1.54) is 30.6 Å². The predicted molar refractivity (Wildman–Crippen MR) is 89.7 cm³/mol. The number of carbonyl (C=O) groups is 1. The highest BCUT2D eigenvalue weighted by molar-refractivity contribution is 7.89. The lowest BCUT2D eigenvalue weighted by molar-refractivity contribution is 0.102. The molecule has 0 bridgehead atoms. The first-order valence-electron chi connectivity index (χ1n) is 7.31. The molecule has 3 aromatic rings. The fourth-order valence-electron chi connectivity index (χ4n) is 2.19. The maximum atomic E-state index is 12.3. The number of aromatic nitrogens is 3. The number of aliphatic hydroxyl groups excluding tert-OH is 1. The molecule has 3 N–H and O–H groups in total. The quantitative estimate of drug-likeness (QED) is 0.578. The van der Waals surface area contributed by atoms with E-state index in [1.807, 2.05) is 0 Å². The number of nitrogens with zero attached hydrogens (tertiary/aromatic N) is 3. The molecule has 2 aromatic heterocycles. The number of hydrogen-bond donors (Lipinski definition) is 3. The third-order valence-corrected chi connectivity index (χ3v) is 4.88. The molecule has 0 aliphatic rings. The van der Waals surface area contributed by atoms with E-state index in [4.69, 9.17) is 5.11 Å². The van der Waals surface area contributed by atoms with Crippen LogP contribution < -0.4 is 10.0 Å². The number of anilines is 1. The van der Waals surface area contributed by atoms with Crippen molar-refractivity contribution in [2.24, 2.45) is 0 Å². The van der Waals surface area contributed by atoms with E-state index in [9.17, 15) is 13.2 Å². The van der Waals surface area contributed by atoms with Gasteiger partial charge < -0.3 is 10.4 Å². The Bertz CT molecular complexity index is 998. The largest absolute Gasteiger partial charge is 0.395 e. The van der Waals surface area contributed by atoms with E-state index >= 15 is 0 Å². The summed E-state index contributed by atoms with van der Waals surface area (Å²) in [5.74, 6) is -0.400. The van der Waals surface area contributed by atoms with E-state index in [0.717, 1.165) is 0 Å². The number of sulfonamides is 1. The number of carbonyl (C=O) groups excluding carboxylic acids is 1. The normalized spacial score (nSPS) is 11.6. The van der Waals surface area contributed by atoms with Crippen LogP contribution in [0, 0.1) is 0 Å². The van der Waals surface area contributed by atoms with E-state index < -0.39 is 15.9 Å². The first-order chi connectivity index (χ1) is 12.0. The number of fused-ring (bicyclic) bond motifs is 1. The summed E-state index contributed by atoms with van der Waals surface area (Å²) >= 11 is 0. The standard InChI is InChI=1S/C15H15N5O4S/c21-9-7-17-25(23,24)12-5-3-11(4-6-12)15(22)18-13-2-1-8-20-10-16-19-14(13)20/h1-6,8,10,17,21H,7,9H2,(H,18,22). The van der Waals surface area contributed by atoms with Crippen molar-refractivity contribution in [3.63, 3.8) is 0 Å². The monoisotopic (exact) mass is 361 g/mol. The average Bonchev–Trinajstić information content (AvgIpc) is 3.10. The molecule has 0 aliphatic carbocycles. The van der Waals surface area contributed by atoms with Gasteiger partial charge in [0.15, 0.2) is 5.65 Å². The Morgan fingerprint density at radius 1 is 1.20 bits per heavy atom. The minimum absolute atomic E-state index is 0.0112. The van der Waals surface area contributed by atoms with Crippen LogP contribution in [0.4, 0.5) is 5.69 Å². The number of amides is 1. The molecule has 0 atom stereocenters. The molecule has 0 spiro atoms. The van der Waals surface area contributed by atoms with E-state index in [2.05, 4.69) is 20.2 Å². The van der Waals surface area contributed by atoms with Gasteiger partial charge >= 0.3 is 0 Å². The maximum Gasteiger partial charge on any atom is 0.255 e. The molecule has 10 heteroatoms. The van der Waals surface area contributed by atoms with Crippen molar-refractivity contribution in [3.05, 3.63) is 54.5 Å². The number of benzene rings is 1. The molecule has 0 saturated heterocycles. The summed E-state index contributed by atoms with van der Waals surface area (Å²) in [6, 6.07) is 8.91. The van der Waals surface area contributed by atoms with Gasteiger partial charge in [-0.15, -0.1) is 10.2 Å². The summed E-state index contributed by atoms with van der Waals surface area (Å²) in [7, 11) is -3.71. The van der Waals surface area contributed by atoms with Crippen LogP contribution in [0.15, 0.2) is 53.8 Å². The van der Waals surface area contributed by atoms with Gasteiger partial charge in [-0.2, -0.15) is 0 Å². The summed E-state index contributed by atoms with van der Waals surface area (Å²) in [4.78, 5) is 12.4. The number of nitrogens with one attached hydrogen (secondary N) is 2. The highest BCUT2D eigenvalue weighted by atomic mass is 32.2. The van der Waals surface area contributed by atoms with Gasteiger partial charge in [0.05, 0.1) is 17.2 Å². The Balaban J connectivity index is 1.78. The summed E-state index contributed by atoms with van der Waals surface area (Å²) in [5.41, 5.74) is 1.29. The van der Waals surface area contributed by atoms with Crippen LogP contribution in [0.5, 0.6) is 0 Å². The van der Waals surface area contributed by atoms with Crippen molar-refractivity contribution in [3.8, 4) is 0 Å². The zero-order chi connectivity index (χ0) is 17.9. The number of aliphatic hydroxyl groups is 1. The molecule has 1 aromatic carbocycles. The molecule has 9 nitrogen and oxygen atoms in total. The van der Waals surface area contributed by atoms with Crippen LogP contribution in [-0.2, 0) is 10.0 Å². The van der Waals surface area contributed by atoms with Gasteiger partial charge in [-0.05, 0) is 36.4 Å². The number of pyridine rings is 1. The van der Waals surface area contributed by atoms with Crippen LogP contribution >= 0.6 is 0 Å². The van der Waals surface area contributed by atoms with Crippen LogP contribution in [0.3, 0.4) is 0 Å². The third kappa shape index (κ3) is 3.65. The lowest BCUT2D eigenvalue weighted by atomic mass is 10.2. The van der Waals surface area contributed by atoms with Gasteiger partial charge in [-0.1, -0.05) is 0 Å². The van der Waals surface area contributed by atoms with Crippen molar-refractivity contribution in [1.29, 1.82) is 0 Å². The SMILES string of the molecule is O=C(Nc1cccn2cnnc12)c1ccc(S(=O)(=O)NCCO)cc1. The van der Waals surface area contributed by atoms with Gasteiger partial charge in [-0.25, -0.2) is 13.1 Å². The fourth-order valence-corrected chi connectivity index (χ4v) is 3.21. The van der Waals surface area contributed by atoms with Crippen LogP contribution in [0.1, 0.15) is 10.4 Å². The molecule has 0 saturated carbocycles. The zero-order valence-electron chi connectivity index (χ0n) is 13.0. The van der Waals surface area contributed by atoms with Gasteiger partial charge in [0.25, 0.3) is 5.91 Å². The second kappa shape index (κ2) is 6.97. The summed E-state index contributed by atoms with van der Waals surface area (Å²) in [5, 5.41) is 19.1. The molecule has 0 radical (unpaired) electrons. The highest BCUT2D eigenvalue weighted by Crippen LogP contribution is 2.16. The molecular weight excluding hydrogens is 346 g/mol. The van der Waals surface area contributed by atoms with Crippen LogP contribution in [0.25, 0.3) is 5.65 Å². The molecule has 0 unspecified atom stereocenters. The van der Waals surface area contributed by atoms with Crippen LogP contribution in [0.2, 0.25) is 0 Å². The average molecular weight is 361 g/mol. The Morgan fingerprint density at radius 3 is 2.68 bits per heavy atom. The first-order valence-corrected chi connectivity index (χ1v) is 8.80. The number of rotatable bonds is 6. The van der Waals surface area contributed by atoms with Crippen molar-refractivity contribution in [2.75, 3.05) is 18.5 Å². The Morgan fingerprint density at radius 2 is 1.96 bits per heavy atom. The third-order valence-electron chi connectivity index (χ3n) is 3.40. The summed E-state index contributed by atoms with van der Waals surface area (Å²) < 4.78 is 27.8. The minimum atomic E-state index is -3.71. The molecular formula is C15H15N5O4S. The molecule has 0 aliphatic heterocycles. The van der Waals surface area contributed by atoms with Gasteiger partial charge in [0, 0.05) is 18.3 Å². The first kappa shape index (κ1) is 17.0. The lowest BCUT2D eigenvalue weighted by Crippen LogP contribution is -2.26. The van der Waals surface area contributed by atoms with Crippen molar-refractivity contribution >= 4 is 27.3 Å². The van der Waals surface area contributed by atoms with E-state index in [-0.39, 0.29) is 18.0 Å². The second-order valence-electron chi connectivity index (χ2n) is 5.08. The molecule has 130 valence electrons. The fraction of sp³-hybridized carbons (Fsp3) is 0.133. The maximum absolute atomic E-state index is 12.3. The topological polar surface area (TPSA) is 126 Å². The van der Waals surface area contributed by atoms with Gasteiger partial charge in [0.2, 0.25) is 10.0 Å². The van der Waals surface area contributed by atoms with E-state index in [1.54, 1.807) is 22.7 Å². The molecule has 0 fully saturated rings. The Hall–Kier alpha value is -2.82. The van der Waals surface area contributed by atoms with Gasteiger partial charge in [0.1, 0.15) is 6.33 Å². The Labute approximate surface area is 143 Å². The lowest BCUT2D eigenvalue weighted by Gasteiger charge is -2.08. The summed E-state index contributed by atoms with van der Waals surface area (Å²) in [6.45, 7) is -0.374. The highest BCUT2D eigenvalue weighted by Gasteiger charge is 2.15. The van der Waals surface area contributed by atoms with Crippen LogP contribution in [-0.4, -0.2) is 47.2 Å². The second-order valence-corrected chi connectivity index (χ2v) is 6.85. The minimum Gasteiger partial charge on any atom is -0.395 e. The smallest absolute Gasteiger partial charge is 0.255 e. The predicted octanol–water partition coefficient (Wildman–Crippen LogP) is 0.252. The van der Waals surface area contributed by atoms with Crippen molar-refractivity contribution < 1.29 is 18.3 Å². The van der Waals surface area contributed by atoms with E-state index in [0.29, 0.717) is 16.9 Å². The van der Waals surface area contributed by atoms with Crippen molar-refractivity contribution in [2.45, 2.75) is 4.90 Å². The Kier molecular flexibility index (Phi) is 4.74.